The summed E-state index contributed by atoms with van der Waals surface area (Å²) in [5.74, 6) is 1.74. The minimum absolute atomic E-state index is 0.718. The Labute approximate surface area is 146 Å². The van der Waals surface area contributed by atoms with Gasteiger partial charge in [-0.3, -0.25) is 9.88 Å². The van der Waals surface area contributed by atoms with Crippen molar-refractivity contribution in [2.75, 3.05) is 31.1 Å². The number of nitriles is 1. The number of piperazine rings is 1. The van der Waals surface area contributed by atoms with Gasteiger partial charge in [0, 0.05) is 32.7 Å². The fourth-order valence-corrected chi connectivity index (χ4v) is 3.26. The lowest BCUT2D eigenvalue weighted by Gasteiger charge is -2.35. The molecule has 1 aromatic carbocycles. The van der Waals surface area contributed by atoms with Crippen LogP contribution in [0.15, 0.2) is 36.7 Å². The Morgan fingerprint density at radius 3 is 2.80 bits per heavy atom. The molecule has 0 spiro atoms. The van der Waals surface area contributed by atoms with E-state index in [-0.39, 0.29) is 0 Å². The second-order valence-corrected chi connectivity index (χ2v) is 6.27. The molecule has 0 unspecified atom stereocenters. The normalized spacial score (nSPS) is 15.4. The maximum absolute atomic E-state index is 9.03. The molecule has 3 aromatic rings. The van der Waals surface area contributed by atoms with Gasteiger partial charge in [0.1, 0.15) is 5.82 Å². The van der Waals surface area contributed by atoms with Crippen molar-refractivity contribution in [1.82, 2.24) is 24.5 Å². The average Bonchev–Trinajstić information content (AvgIpc) is 3.03. The van der Waals surface area contributed by atoms with Crippen LogP contribution in [0.2, 0.25) is 0 Å². The summed E-state index contributed by atoms with van der Waals surface area (Å²) in [4.78, 5) is 13.4. The standard InChI is InChI=1S/C18H19N7/c1-14-21-17-11-20-12-18(25(17)22-14)24-7-5-23(6-8-24)13-16-4-2-3-15(9-16)10-19/h2-4,9,11-12H,5-8,13H2,1H3. The van der Waals surface area contributed by atoms with E-state index in [2.05, 4.69) is 37.0 Å². The summed E-state index contributed by atoms with van der Waals surface area (Å²) in [5, 5.41) is 13.5. The Morgan fingerprint density at radius 1 is 1.16 bits per heavy atom. The largest absolute Gasteiger partial charge is 0.353 e. The van der Waals surface area contributed by atoms with E-state index >= 15 is 0 Å². The Kier molecular flexibility index (Phi) is 4.04. The quantitative estimate of drug-likeness (QED) is 0.725. The highest BCUT2D eigenvalue weighted by Gasteiger charge is 2.20. The molecule has 1 aliphatic rings. The van der Waals surface area contributed by atoms with Crippen LogP contribution >= 0.6 is 0 Å². The topological polar surface area (TPSA) is 73.4 Å². The number of hydrogen-bond donors (Lipinski definition) is 0. The van der Waals surface area contributed by atoms with E-state index in [0.717, 1.165) is 55.6 Å². The van der Waals surface area contributed by atoms with Crippen LogP contribution in [0.5, 0.6) is 0 Å². The fraction of sp³-hybridized carbons (Fsp3) is 0.333. The van der Waals surface area contributed by atoms with Crippen molar-refractivity contribution >= 4 is 11.5 Å². The van der Waals surface area contributed by atoms with E-state index in [1.165, 1.54) is 5.56 Å². The van der Waals surface area contributed by atoms with Crippen LogP contribution in [0.25, 0.3) is 5.65 Å². The number of aryl methyl sites for hydroxylation is 1. The van der Waals surface area contributed by atoms with E-state index in [4.69, 9.17) is 5.26 Å². The van der Waals surface area contributed by atoms with Gasteiger partial charge in [-0.25, -0.2) is 4.98 Å². The van der Waals surface area contributed by atoms with Crippen LogP contribution in [0.4, 0.5) is 5.82 Å². The number of hydrogen-bond acceptors (Lipinski definition) is 6. The van der Waals surface area contributed by atoms with E-state index < -0.39 is 0 Å². The monoisotopic (exact) mass is 333 g/mol. The Morgan fingerprint density at radius 2 is 2.00 bits per heavy atom. The molecule has 0 saturated carbocycles. The summed E-state index contributed by atoms with van der Waals surface area (Å²) >= 11 is 0. The highest BCUT2D eigenvalue weighted by molar-refractivity contribution is 5.47. The maximum Gasteiger partial charge on any atom is 0.176 e. The van der Waals surface area contributed by atoms with Crippen LogP contribution in [0.1, 0.15) is 17.0 Å². The number of benzene rings is 1. The number of aromatic nitrogens is 4. The molecule has 0 bridgehead atoms. The van der Waals surface area contributed by atoms with Gasteiger partial charge in [-0.05, 0) is 24.6 Å². The summed E-state index contributed by atoms with van der Waals surface area (Å²) in [6.45, 7) is 6.51. The lowest BCUT2D eigenvalue weighted by Crippen LogP contribution is -2.46. The molecule has 0 aliphatic carbocycles. The van der Waals surface area contributed by atoms with Gasteiger partial charge in [0.15, 0.2) is 11.5 Å². The van der Waals surface area contributed by atoms with Crippen molar-refractivity contribution in [2.45, 2.75) is 13.5 Å². The highest BCUT2D eigenvalue weighted by atomic mass is 15.4. The first-order chi connectivity index (χ1) is 12.2. The van der Waals surface area contributed by atoms with Crippen molar-refractivity contribution in [3.63, 3.8) is 0 Å². The van der Waals surface area contributed by atoms with E-state index in [0.29, 0.717) is 0 Å². The highest BCUT2D eigenvalue weighted by Crippen LogP contribution is 2.17. The lowest BCUT2D eigenvalue weighted by atomic mass is 10.1. The predicted molar refractivity (Wildman–Crippen MR) is 94.2 cm³/mol. The molecule has 1 aliphatic heterocycles. The second-order valence-electron chi connectivity index (χ2n) is 6.27. The van der Waals surface area contributed by atoms with E-state index in [1.807, 2.05) is 35.8 Å². The smallest absolute Gasteiger partial charge is 0.176 e. The van der Waals surface area contributed by atoms with Gasteiger partial charge in [0.05, 0.1) is 24.0 Å². The first-order valence-corrected chi connectivity index (χ1v) is 8.37. The van der Waals surface area contributed by atoms with Gasteiger partial charge in [0.25, 0.3) is 0 Å². The van der Waals surface area contributed by atoms with Gasteiger partial charge < -0.3 is 4.90 Å². The van der Waals surface area contributed by atoms with E-state index in [1.54, 1.807) is 6.20 Å². The third-order valence-corrected chi connectivity index (χ3v) is 4.49. The van der Waals surface area contributed by atoms with Gasteiger partial charge in [-0.1, -0.05) is 12.1 Å². The number of rotatable bonds is 3. The van der Waals surface area contributed by atoms with Crippen LogP contribution in [-0.2, 0) is 6.54 Å². The fourth-order valence-electron chi connectivity index (χ4n) is 3.26. The molecule has 7 heteroatoms. The summed E-state index contributed by atoms with van der Waals surface area (Å²) in [6.07, 6.45) is 3.59. The van der Waals surface area contributed by atoms with Crippen molar-refractivity contribution in [3.8, 4) is 6.07 Å². The molecule has 0 amide bonds. The lowest BCUT2D eigenvalue weighted by molar-refractivity contribution is 0.249. The van der Waals surface area contributed by atoms with Gasteiger partial charge in [-0.2, -0.15) is 9.78 Å². The molecule has 4 rings (SSSR count). The van der Waals surface area contributed by atoms with Crippen LogP contribution < -0.4 is 4.90 Å². The number of fused-ring (bicyclic) bond motifs is 1. The van der Waals surface area contributed by atoms with Crippen molar-refractivity contribution in [3.05, 3.63) is 53.6 Å². The van der Waals surface area contributed by atoms with Crippen molar-refractivity contribution in [1.29, 1.82) is 5.26 Å². The minimum Gasteiger partial charge on any atom is -0.353 e. The molecule has 7 nitrogen and oxygen atoms in total. The molecule has 25 heavy (non-hydrogen) atoms. The second kappa shape index (κ2) is 6.49. The average molecular weight is 333 g/mol. The zero-order valence-corrected chi connectivity index (χ0v) is 14.1. The molecule has 1 saturated heterocycles. The van der Waals surface area contributed by atoms with Crippen LogP contribution in [-0.4, -0.2) is 50.7 Å². The maximum atomic E-state index is 9.03. The molecule has 0 atom stereocenters. The Bertz CT molecular complexity index is 932. The molecule has 0 radical (unpaired) electrons. The summed E-state index contributed by atoms with van der Waals surface area (Å²) in [6, 6.07) is 10.0. The van der Waals surface area contributed by atoms with Crippen LogP contribution in [0, 0.1) is 18.3 Å². The van der Waals surface area contributed by atoms with Gasteiger partial charge in [0.2, 0.25) is 0 Å². The van der Waals surface area contributed by atoms with Crippen molar-refractivity contribution in [2.24, 2.45) is 0 Å². The molecule has 126 valence electrons. The first kappa shape index (κ1) is 15.5. The minimum atomic E-state index is 0.718. The van der Waals surface area contributed by atoms with Crippen molar-refractivity contribution < 1.29 is 0 Å². The third-order valence-electron chi connectivity index (χ3n) is 4.49. The molecule has 2 aromatic heterocycles. The van der Waals surface area contributed by atoms with Gasteiger partial charge >= 0.3 is 0 Å². The van der Waals surface area contributed by atoms with Gasteiger partial charge in [-0.15, -0.1) is 5.10 Å². The number of anilines is 1. The third kappa shape index (κ3) is 3.16. The number of nitrogens with zero attached hydrogens (tertiary/aromatic N) is 7. The first-order valence-electron chi connectivity index (χ1n) is 8.37. The SMILES string of the molecule is Cc1nc2cncc(N3CCN(Cc4cccc(C#N)c4)CC3)n2n1. The zero-order chi connectivity index (χ0) is 17.2. The van der Waals surface area contributed by atoms with Crippen LogP contribution in [0.3, 0.4) is 0 Å². The molecule has 3 heterocycles. The Hall–Kier alpha value is -2.98. The molecular formula is C18H19N7. The summed E-state index contributed by atoms with van der Waals surface area (Å²) in [7, 11) is 0. The molecule has 1 fully saturated rings. The summed E-state index contributed by atoms with van der Waals surface area (Å²) < 4.78 is 1.87. The van der Waals surface area contributed by atoms with E-state index in [9.17, 15) is 0 Å². The molecular weight excluding hydrogens is 314 g/mol. The molecule has 0 N–H and O–H groups in total. The Balaban J connectivity index is 1.45. The predicted octanol–water partition coefficient (Wildman–Crippen LogP) is 1.63. The zero-order valence-electron chi connectivity index (χ0n) is 14.1. The summed E-state index contributed by atoms with van der Waals surface area (Å²) in [5.41, 5.74) is 2.68.